The molecule has 3 rings (SSSR count). The molecule has 128 valence electrons. The Labute approximate surface area is 149 Å². The maximum Gasteiger partial charge on any atom is 0.227 e. The Kier molecular flexibility index (Phi) is 6.23. The minimum atomic E-state index is -0.0105. The van der Waals surface area contributed by atoms with E-state index in [0.717, 1.165) is 18.8 Å². The number of anilines is 1. The van der Waals surface area contributed by atoms with Crippen LogP contribution in [0.5, 0.6) is 11.5 Å². The molecule has 1 aliphatic rings. The largest absolute Gasteiger partial charge is 0.455 e. The zero-order chi connectivity index (χ0) is 16.2. The van der Waals surface area contributed by atoms with Crippen LogP contribution < -0.4 is 15.4 Å². The first-order chi connectivity index (χ1) is 11.1. The topological polar surface area (TPSA) is 50.4 Å². The molecule has 2 aromatic carbocycles. The van der Waals surface area contributed by atoms with Crippen LogP contribution in [-0.2, 0) is 4.79 Å². The molecule has 5 heteroatoms. The van der Waals surface area contributed by atoms with Crippen LogP contribution in [0.15, 0.2) is 48.5 Å². The van der Waals surface area contributed by atoms with Crippen LogP contribution in [0.1, 0.15) is 12.5 Å². The second-order valence-electron chi connectivity index (χ2n) is 6.11. The summed E-state index contributed by atoms with van der Waals surface area (Å²) in [5.41, 5.74) is 1.89. The Morgan fingerprint density at radius 1 is 1.17 bits per heavy atom. The average Bonchev–Trinajstić information content (AvgIpc) is 2.49. The van der Waals surface area contributed by atoms with Crippen molar-refractivity contribution in [1.82, 2.24) is 5.32 Å². The second kappa shape index (κ2) is 8.18. The summed E-state index contributed by atoms with van der Waals surface area (Å²) in [5, 5.41) is 6.20. The molecule has 0 bridgehead atoms. The Hall–Kier alpha value is -2.04. The van der Waals surface area contributed by atoms with Crippen molar-refractivity contribution in [3.05, 3.63) is 54.1 Å². The van der Waals surface area contributed by atoms with E-state index in [0.29, 0.717) is 17.4 Å². The molecule has 1 saturated heterocycles. The van der Waals surface area contributed by atoms with Crippen molar-refractivity contribution in [2.24, 2.45) is 11.8 Å². The van der Waals surface area contributed by atoms with E-state index in [9.17, 15) is 4.79 Å². The zero-order valence-corrected chi connectivity index (χ0v) is 14.7. The number of hydrogen-bond donors (Lipinski definition) is 2. The lowest BCUT2D eigenvalue weighted by Crippen LogP contribution is -2.48. The van der Waals surface area contributed by atoms with E-state index in [4.69, 9.17) is 4.74 Å². The van der Waals surface area contributed by atoms with Crippen LogP contribution >= 0.6 is 12.4 Å². The average molecular weight is 347 g/mol. The fourth-order valence-corrected chi connectivity index (χ4v) is 2.52. The van der Waals surface area contributed by atoms with Crippen LogP contribution in [-0.4, -0.2) is 19.0 Å². The molecule has 4 nitrogen and oxygen atoms in total. The number of para-hydroxylation sites is 2. The Bertz CT molecular complexity index is 684. The van der Waals surface area contributed by atoms with Crippen molar-refractivity contribution in [3.8, 4) is 11.5 Å². The van der Waals surface area contributed by atoms with Gasteiger partial charge in [-0.3, -0.25) is 4.79 Å². The van der Waals surface area contributed by atoms with Gasteiger partial charge in [-0.2, -0.15) is 0 Å². The van der Waals surface area contributed by atoms with Crippen LogP contribution in [0.4, 0.5) is 5.69 Å². The van der Waals surface area contributed by atoms with Crippen molar-refractivity contribution in [3.63, 3.8) is 0 Å². The molecule has 1 atom stereocenters. The Morgan fingerprint density at radius 2 is 1.83 bits per heavy atom. The highest BCUT2D eigenvalue weighted by molar-refractivity contribution is 5.94. The third kappa shape index (κ3) is 4.28. The number of amides is 1. The quantitative estimate of drug-likeness (QED) is 0.860. The molecule has 0 radical (unpaired) electrons. The molecule has 0 aromatic heterocycles. The highest BCUT2D eigenvalue weighted by Crippen LogP contribution is 2.30. The molecule has 0 saturated carbocycles. The minimum absolute atomic E-state index is 0. The first kappa shape index (κ1) is 18.3. The molecule has 1 fully saturated rings. The number of carbonyl (C=O) groups excluding carboxylic acids is 1. The van der Waals surface area contributed by atoms with Crippen molar-refractivity contribution in [2.75, 3.05) is 18.4 Å². The molecule has 1 aliphatic heterocycles. The molecule has 0 aliphatic carbocycles. The summed E-state index contributed by atoms with van der Waals surface area (Å²) in [6, 6.07) is 15.4. The summed E-state index contributed by atoms with van der Waals surface area (Å²) in [4.78, 5) is 12.4. The predicted molar refractivity (Wildman–Crippen MR) is 99.1 cm³/mol. The normalized spacial score (nSPS) is 14.9. The van der Waals surface area contributed by atoms with Crippen LogP contribution in [0.25, 0.3) is 0 Å². The first-order valence-corrected chi connectivity index (χ1v) is 7.98. The van der Waals surface area contributed by atoms with Crippen LogP contribution in [0.3, 0.4) is 0 Å². The number of hydrogen-bond acceptors (Lipinski definition) is 3. The van der Waals surface area contributed by atoms with E-state index in [-0.39, 0.29) is 24.2 Å². The minimum Gasteiger partial charge on any atom is -0.455 e. The number of aryl methyl sites for hydroxylation is 1. The first-order valence-electron chi connectivity index (χ1n) is 7.98. The summed E-state index contributed by atoms with van der Waals surface area (Å²) in [6.45, 7) is 5.84. The summed E-state index contributed by atoms with van der Waals surface area (Å²) >= 11 is 0. The fraction of sp³-hybridized carbons (Fsp3) is 0.316. The molecule has 2 aromatic rings. The van der Waals surface area contributed by atoms with Gasteiger partial charge in [0.15, 0.2) is 5.75 Å². The standard InChI is InChI=1S/C19H22N2O2.ClH/c1-13-7-9-16(10-8-13)23-18-6-4-3-5-17(18)21-19(22)14(2)15-11-20-12-15;/h3-10,14-15,20H,11-12H2,1-2H3,(H,21,22);1H. The highest BCUT2D eigenvalue weighted by atomic mass is 35.5. The number of carbonyl (C=O) groups is 1. The van der Waals surface area contributed by atoms with Crippen LogP contribution in [0.2, 0.25) is 0 Å². The van der Waals surface area contributed by atoms with Gasteiger partial charge in [0.05, 0.1) is 5.69 Å². The van der Waals surface area contributed by atoms with Gasteiger partial charge in [0.2, 0.25) is 5.91 Å². The van der Waals surface area contributed by atoms with E-state index in [2.05, 4.69) is 10.6 Å². The lowest BCUT2D eigenvalue weighted by Gasteiger charge is -2.31. The molecule has 24 heavy (non-hydrogen) atoms. The summed E-state index contributed by atoms with van der Waals surface area (Å²) in [5.74, 6) is 1.86. The van der Waals surface area contributed by atoms with Gasteiger partial charge < -0.3 is 15.4 Å². The Balaban J connectivity index is 0.00000208. The zero-order valence-electron chi connectivity index (χ0n) is 13.9. The molecule has 1 amide bonds. The second-order valence-corrected chi connectivity index (χ2v) is 6.11. The van der Waals surface area contributed by atoms with Gasteiger partial charge in [-0.15, -0.1) is 12.4 Å². The molecule has 0 spiro atoms. The lowest BCUT2D eigenvalue weighted by molar-refractivity contribution is -0.121. The molecule has 1 heterocycles. The number of rotatable bonds is 5. The monoisotopic (exact) mass is 346 g/mol. The molecular formula is C19H23ClN2O2. The summed E-state index contributed by atoms with van der Waals surface area (Å²) in [6.07, 6.45) is 0. The SMILES string of the molecule is Cc1ccc(Oc2ccccc2NC(=O)C(C)C2CNC2)cc1.Cl. The van der Waals surface area contributed by atoms with Gasteiger partial charge in [0.25, 0.3) is 0 Å². The molecule has 1 unspecified atom stereocenters. The predicted octanol–water partition coefficient (Wildman–Crippen LogP) is 4.00. The van der Waals surface area contributed by atoms with Gasteiger partial charge in [0.1, 0.15) is 5.75 Å². The maximum absolute atomic E-state index is 12.4. The lowest BCUT2D eigenvalue weighted by atomic mass is 9.88. The van der Waals surface area contributed by atoms with Gasteiger partial charge in [-0.1, -0.05) is 36.8 Å². The van der Waals surface area contributed by atoms with E-state index in [1.165, 1.54) is 5.56 Å². The van der Waals surface area contributed by atoms with Crippen molar-refractivity contribution in [1.29, 1.82) is 0 Å². The Morgan fingerprint density at radius 3 is 2.46 bits per heavy atom. The number of benzene rings is 2. The van der Waals surface area contributed by atoms with E-state index >= 15 is 0 Å². The van der Waals surface area contributed by atoms with Gasteiger partial charge >= 0.3 is 0 Å². The number of ether oxygens (including phenoxy) is 1. The molecule has 2 N–H and O–H groups in total. The fourth-order valence-electron chi connectivity index (χ4n) is 2.52. The van der Waals surface area contributed by atoms with Gasteiger partial charge in [-0.25, -0.2) is 0 Å². The highest BCUT2D eigenvalue weighted by Gasteiger charge is 2.29. The smallest absolute Gasteiger partial charge is 0.227 e. The van der Waals surface area contributed by atoms with Crippen LogP contribution in [0, 0.1) is 18.8 Å². The van der Waals surface area contributed by atoms with Crippen molar-refractivity contribution in [2.45, 2.75) is 13.8 Å². The number of halogens is 1. The van der Waals surface area contributed by atoms with Gasteiger partial charge in [-0.05, 0) is 50.2 Å². The number of nitrogens with one attached hydrogen (secondary N) is 2. The van der Waals surface area contributed by atoms with E-state index in [1.54, 1.807) is 0 Å². The summed E-state index contributed by atoms with van der Waals surface area (Å²) in [7, 11) is 0. The molecular weight excluding hydrogens is 324 g/mol. The van der Waals surface area contributed by atoms with Crippen molar-refractivity contribution >= 4 is 24.0 Å². The summed E-state index contributed by atoms with van der Waals surface area (Å²) < 4.78 is 5.92. The van der Waals surface area contributed by atoms with Gasteiger partial charge in [0, 0.05) is 5.92 Å². The van der Waals surface area contributed by atoms with E-state index < -0.39 is 0 Å². The third-order valence-electron chi connectivity index (χ3n) is 4.33. The van der Waals surface area contributed by atoms with E-state index in [1.807, 2.05) is 62.4 Å². The third-order valence-corrected chi connectivity index (χ3v) is 4.33. The maximum atomic E-state index is 12.4. The van der Waals surface area contributed by atoms with Crippen molar-refractivity contribution < 1.29 is 9.53 Å².